The summed E-state index contributed by atoms with van der Waals surface area (Å²) in [6.45, 7) is 0. The van der Waals surface area contributed by atoms with E-state index in [9.17, 15) is 0 Å². The molecule has 0 aliphatic heterocycles. The predicted octanol–water partition coefficient (Wildman–Crippen LogP) is 5.54. The average Bonchev–Trinajstić information content (AvgIpc) is 2.43. The van der Waals surface area contributed by atoms with Gasteiger partial charge in [-0.1, -0.05) is 71.0 Å². The molecule has 4 aliphatic carbocycles. The van der Waals surface area contributed by atoms with Gasteiger partial charge in [-0.15, -0.1) is 0 Å². The highest BCUT2D eigenvalue weighted by molar-refractivity contribution is 7.90. The molecule has 0 heterocycles. The Morgan fingerprint density at radius 1 is 0.526 bits per heavy atom. The van der Waals surface area contributed by atoms with E-state index in [1.165, 1.54) is 22.3 Å². The number of hydrogen-bond donors (Lipinski definition) is 0. The maximum Gasteiger partial charge on any atom is 0.0713 e. The molecular weight excluding hydrogens is 294 g/mol. The van der Waals surface area contributed by atoms with Gasteiger partial charge in [0.05, 0.1) is 7.29 Å². The topological polar surface area (TPSA) is 0 Å². The Morgan fingerprint density at radius 3 is 0.842 bits per heavy atom. The normalized spacial score (nSPS) is 13.2. The van der Waals surface area contributed by atoms with Gasteiger partial charge in [0.15, 0.2) is 0 Å². The van der Waals surface area contributed by atoms with Crippen molar-refractivity contribution in [3.8, 4) is 0 Å². The molecule has 4 bridgehead atoms. The Balaban J connectivity index is 0.000000408. The van der Waals surface area contributed by atoms with Crippen molar-refractivity contribution < 1.29 is 0 Å². The molecule has 100 valence electrons. The predicted molar refractivity (Wildman–Crippen MR) is 87.7 cm³/mol. The largest absolute Gasteiger partial charge is 0.0818 e. The molecule has 6 rings (SSSR count). The van der Waals surface area contributed by atoms with Gasteiger partial charge in [-0.2, -0.15) is 0 Å². The summed E-state index contributed by atoms with van der Waals surface area (Å²) in [5, 5.41) is 0. The number of halogens is 2. The van der Waals surface area contributed by atoms with E-state index < -0.39 is 0 Å². The lowest BCUT2D eigenvalue weighted by Crippen LogP contribution is -1.97. The van der Waals surface area contributed by atoms with Gasteiger partial charge < -0.3 is 0 Å². The molecule has 19 heavy (non-hydrogen) atoms. The number of rotatable bonds is 0. The van der Waals surface area contributed by atoms with Crippen LogP contribution in [0.4, 0.5) is 0 Å². The molecule has 0 N–H and O–H groups in total. The second kappa shape index (κ2) is 7.90. The second-order valence-corrected chi connectivity index (χ2v) is 6.56. The molecule has 0 amide bonds. The van der Waals surface area contributed by atoms with Crippen LogP contribution in [-0.4, -0.2) is 0 Å². The molecular formula is C16H17Cl2P. The van der Waals surface area contributed by atoms with Gasteiger partial charge in [0.25, 0.3) is 0 Å². The van der Waals surface area contributed by atoms with Crippen LogP contribution in [0, 0.1) is 0 Å². The van der Waals surface area contributed by atoms with Crippen LogP contribution in [0.15, 0.2) is 48.5 Å². The Labute approximate surface area is 126 Å². The molecule has 0 unspecified atom stereocenters. The minimum Gasteiger partial charge on any atom is -0.0818 e. The lowest BCUT2D eigenvalue weighted by Gasteiger charge is -2.09. The molecule has 0 nitrogen and oxygen atoms in total. The van der Waals surface area contributed by atoms with Gasteiger partial charge in [0.1, 0.15) is 0 Å². The molecule has 0 atom stereocenters. The van der Waals surface area contributed by atoms with Gasteiger partial charge in [-0.25, -0.2) is 0 Å². The Bertz CT molecular complexity index is 398. The fourth-order valence-corrected chi connectivity index (χ4v) is 2.32. The van der Waals surface area contributed by atoms with E-state index in [1.807, 2.05) is 0 Å². The van der Waals surface area contributed by atoms with Crippen LogP contribution < -0.4 is 0 Å². The van der Waals surface area contributed by atoms with Crippen molar-refractivity contribution in [2.45, 2.75) is 25.7 Å². The van der Waals surface area contributed by atoms with Crippen LogP contribution in [0.1, 0.15) is 22.3 Å². The highest BCUT2D eigenvalue weighted by atomic mass is 35.9. The minimum atomic E-state index is 0.0278. The first-order valence-corrected chi connectivity index (χ1v) is 9.46. The van der Waals surface area contributed by atoms with Gasteiger partial charge in [0, 0.05) is 0 Å². The van der Waals surface area contributed by atoms with Crippen LogP contribution in [0.3, 0.4) is 0 Å². The summed E-state index contributed by atoms with van der Waals surface area (Å²) >= 11 is 9.58. The summed E-state index contributed by atoms with van der Waals surface area (Å²) in [5.41, 5.74) is 5.81. The minimum absolute atomic E-state index is 0.0278. The Hall–Kier alpha value is -0.550. The molecule has 0 saturated carbocycles. The summed E-state index contributed by atoms with van der Waals surface area (Å²) < 4.78 is 0. The van der Waals surface area contributed by atoms with Crippen molar-refractivity contribution in [3.05, 3.63) is 70.8 Å². The third kappa shape index (κ3) is 4.80. The number of benzene rings is 2. The molecule has 4 aliphatic rings. The van der Waals surface area contributed by atoms with Crippen LogP contribution in [0.25, 0.3) is 0 Å². The fraction of sp³-hybridized carbons (Fsp3) is 0.250. The van der Waals surface area contributed by atoms with Crippen LogP contribution >= 0.6 is 29.8 Å². The molecule has 0 saturated heterocycles. The average molecular weight is 311 g/mol. The Morgan fingerprint density at radius 2 is 0.684 bits per heavy atom. The van der Waals surface area contributed by atoms with E-state index in [0.29, 0.717) is 0 Å². The first-order valence-electron chi connectivity index (χ1n) is 6.43. The van der Waals surface area contributed by atoms with Crippen molar-refractivity contribution in [2.24, 2.45) is 0 Å². The molecule has 3 heteroatoms. The van der Waals surface area contributed by atoms with Crippen LogP contribution in [-0.2, 0) is 25.7 Å². The summed E-state index contributed by atoms with van der Waals surface area (Å²) in [6.07, 6.45) is 4.61. The van der Waals surface area contributed by atoms with Gasteiger partial charge in [-0.05, 0) is 47.9 Å². The maximum atomic E-state index is 4.79. The lowest BCUT2D eigenvalue weighted by molar-refractivity contribution is 0.921. The molecule has 0 spiro atoms. The highest BCUT2D eigenvalue weighted by Gasteiger charge is 2.01. The molecule has 2 aromatic carbocycles. The number of hydrogen-bond acceptors (Lipinski definition) is 0. The molecule has 0 fully saturated rings. The lowest BCUT2D eigenvalue weighted by atomic mass is 9.97. The summed E-state index contributed by atoms with van der Waals surface area (Å²) in [4.78, 5) is 0. The van der Waals surface area contributed by atoms with Crippen molar-refractivity contribution in [1.29, 1.82) is 0 Å². The third-order valence-corrected chi connectivity index (χ3v) is 3.45. The fourth-order valence-electron chi connectivity index (χ4n) is 2.32. The highest BCUT2D eigenvalue weighted by Crippen LogP contribution is 2.19. The van der Waals surface area contributed by atoms with Crippen molar-refractivity contribution in [2.75, 3.05) is 0 Å². The summed E-state index contributed by atoms with van der Waals surface area (Å²) in [6, 6.07) is 18.2. The first-order chi connectivity index (χ1) is 9.31. The van der Waals surface area contributed by atoms with Crippen LogP contribution in [0.2, 0.25) is 0 Å². The van der Waals surface area contributed by atoms with Crippen molar-refractivity contribution in [1.82, 2.24) is 0 Å². The van der Waals surface area contributed by atoms with Gasteiger partial charge in [0.2, 0.25) is 0 Å². The van der Waals surface area contributed by atoms with E-state index in [2.05, 4.69) is 48.5 Å². The smallest absolute Gasteiger partial charge is 0.0713 e. The Kier molecular flexibility index (Phi) is 6.17. The molecule has 0 radical (unpaired) electrons. The standard InChI is InChI=1S/C16H16.Cl2HP/c1-2-14-4-3-13(1)9-10-15-5-7-16(8-6-15)12-11-14;1-3-2/h1-8H,9-12H2;3H. The zero-order chi connectivity index (χ0) is 13.5. The van der Waals surface area contributed by atoms with Crippen molar-refractivity contribution in [3.63, 3.8) is 0 Å². The zero-order valence-electron chi connectivity index (χ0n) is 10.7. The monoisotopic (exact) mass is 310 g/mol. The van der Waals surface area contributed by atoms with Gasteiger partial charge in [-0.3, -0.25) is 0 Å². The summed E-state index contributed by atoms with van der Waals surface area (Å²) in [5.74, 6) is 0. The van der Waals surface area contributed by atoms with E-state index in [4.69, 9.17) is 22.5 Å². The zero-order valence-corrected chi connectivity index (χ0v) is 13.2. The van der Waals surface area contributed by atoms with E-state index >= 15 is 0 Å². The maximum absolute atomic E-state index is 4.79. The van der Waals surface area contributed by atoms with Gasteiger partial charge >= 0.3 is 0 Å². The second-order valence-electron chi connectivity index (χ2n) is 4.70. The van der Waals surface area contributed by atoms with E-state index in [-0.39, 0.29) is 7.29 Å². The van der Waals surface area contributed by atoms with E-state index in [0.717, 1.165) is 25.7 Å². The SMILES string of the molecule is ClPCl.c1cc2ccc1CCc1ccc(cc1)CC2. The van der Waals surface area contributed by atoms with E-state index in [1.54, 1.807) is 0 Å². The van der Waals surface area contributed by atoms with Crippen LogP contribution in [0.5, 0.6) is 0 Å². The summed E-state index contributed by atoms with van der Waals surface area (Å²) in [7, 11) is 0.0278. The van der Waals surface area contributed by atoms with Crippen molar-refractivity contribution >= 4 is 29.8 Å². The first kappa shape index (κ1) is 14.9. The molecule has 0 aromatic heterocycles. The number of aryl methyl sites for hydroxylation is 4. The third-order valence-electron chi connectivity index (χ3n) is 3.45. The molecule has 2 aromatic rings. The quantitative estimate of drug-likeness (QED) is 0.560.